The first-order valence-electron chi connectivity index (χ1n) is 4.33. The molecule has 0 radical (unpaired) electrons. The van der Waals surface area contributed by atoms with Crippen molar-refractivity contribution in [2.24, 2.45) is 0 Å². The number of carbonyl (C=O) groups is 1. The first-order valence-corrected chi connectivity index (χ1v) is 6.73. The summed E-state index contributed by atoms with van der Waals surface area (Å²) in [6, 6.07) is 7.18. The number of rotatable bonds is 2. The van der Waals surface area contributed by atoms with E-state index in [-0.39, 0.29) is 18.3 Å². The number of carbonyl (C=O) groups excluding carboxylic acids is 1. The largest absolute Gasteiger partial charge is 0.306 e. The molecule has 0 bridgehead atoms. The molecular formula is C10H7Br2ClN2OS. The highest BCUT2D eigenvalue weighted by Crippen LogP contribution is 2.22. The second-order valence-electron chi connectivity index (χ2n) is 2.92. The van der Waals surface area contributed by atoms with Crippen LogP contribution in [0.3, 0.4) is 0 Å². The summed E-state index contributed by atoms with van der Waals surface area (Å²) in [5.41, 5.74) is 0. The lowest BCUT2D eigenvalue weighted by Gasteiger charge is -2.01. The number of hydrogen-bond acceptors (Lipinski definition) is 3. The van der Waals surface area contributed by atoms with Crippen molar-refractivity contribution in [1.29, 1.82) is 0 Å². The number of nitrogens with one attached hydrogen (secondary N) is 1. The van der Waals surface area contributed by atoms with Gasteiger partial charge in [0.1, 0.15) is 5.82 Å². The molecule has 0 spiro atoms. The lowest BCUT2D eigenvalue weighted by molar-refractivity contribution is 0.103. The van der Waals surface area contributed by atoms with E-state index in [0.29, 0.717) is 10.7 Å². The monoisotopic (exact) mass is 396 g/mol. The van der Waals surface area contributed by atoms with Crippen LogP contribution in [0.2, 0.25) is 0 Å². The van der Waals surface area contributed by atoms with Gasteiger partial charge in [-0.1, -0.05) is 0 Å². The van der Waals surface area contributed by atoms with Crippen molar-refractivity contribution in [3.8, 4) is 0 Å². The Morgan fingerprint density at radius 3 is 2.53 bits per heavy atom. The van der Waals surface area contributed by atoms with Gasteiger partial charge in [0.15, 0.2) is 0 Å². The van der Waals surface area contributed by atoms with Gasteiger partial charge in [-0.3, -0.25) is 4.79 Å². The number of thiophene rings is 1. The highest BCUT2D eigenvalue weighted by molar-refractivity contribution is 9.11. The van der Waals surface area contributed by atoms with Crippen LogP contribution in [0, 0.1) is 0 Å². The third kappa shape index (κ3) is 4.06. The molecule has 0 atom stereocenters. The number of pyridine rings is 1. The zero-order valence-corrected chi connectivity index (χ0v) is 13.1. The maximum Gasteiger partial charge on any atom is 0.266 e. The molecule has 2 aromatic rings. The molecule has 0 aromatic carbocycles. The predicted molar refractivity (Wildman–Crippen MR) is 79.2 cm³/mol. The lowest BCUT2D eigenvalue weighted by atomic mass is 10.4. The van der Waals surface area contributed by atoms with Crippen LogP contribution in [0.25, 0.3) is 0 Å². The van der Waals surface area contributed by atoms with E-state index in [2.05, 4.69) is 42.2 Å². The van der Waals surface area contributed by atoms with Crippen molar-refractivity contribution in [3.63, 3.8) is 0 Å². The SMILES string of the molecule is Cl.O=C(Nc1ccc(Br)cn1)c1ccc(Br)s1. The molecule has 2 heterocycles. The molecule has 3 nitrogen and oxygen atoms in total. The zero-order valence-electron chi connectivity index (χ0n) is 8.31. The van der Waals surface area contributed by atoms with E-state index >= 15 is 0 Å². The Morgan fingerprint density at radius 1 is 1.24 bits per heavy atom. The van der Waals surface area contributed by atoms with Crippen LogP contribution >= 0.6 is 55.6 Å². The van der Waals surface area contributed by atoms with Crippen LogP contribution in [-0.2, 0) is 0 Å². The molecule has 0 unspecified atom stereocenters. The number of hydrogen-bond donors (Lipinski definition) is 1. The molecule has 0 saturated carbocycles. The van der Waals surface area contributed by atoms with Crippen molar-refractivity contribution in [3.05, 3.63) is 43.6 Å². The Kier molecular flexibility index (Phi) is 5.58. The fourth-order valence-electron chi connectivity index (χ4n) is 1.06. The minimum absolute atomic E-state index is 0. The van der Waals surface area contributed by atoms with E-state index in [9.17, 15) is 4.79 Å². The quantitative estimate of drug-likeness (QED) is 0.818. The third-order valence-electron chi connectivity index (χ3n) is 1.77. The van der Waals surface area contributed by atoms with Crippen molar-refractivity contribution < 1.29 is 4.79 Å². The molecule has 2 aromatic heterocycles. The van der Waals surface area contributed by atoms with Crippen molar-refractivity contribution in [2.75, 3.05) is 5.32 Å². The molecule has 7 heteroatoms. The van der Waals surface area contributed by atoms with Crippen LogP contribution in [0.1, 0.15) is 9.67 Å². The van der Waals surface area contributed by atoms with E-state index in [1.54, 1.807) is 18.3 Å². The van der Waals surface area contributed by atoms with E-state index in [1.807, 2.05) is 12.1 Å². The van der Waals surface area contributed by atoms with Gasteiger partial charge in [-0.05, 0) is 56.1 Å². The number of anilines is 1. The fourth-order valence-corrected chi connectivity index (χ4v) is 2.58. The van der Waals surface area contributed by atoms with Gasteiger partial charge in [0, 0.05) is 10.7 Å². The van der Waals surface area contributed by atoms with Gasteiger partial charge in [-0.15, -0.1) is 23.7 Å². The number of aromatic nitrogens is 1. The third-order valence-corrected chi connectivity index (χ3v) is 3.86. The zero-order chi connectivity index (χ0) is 11.5. The maximum absolute atomic E-state index is 11.7. The maximum atomic E-state index is 11.7. The van der Waals surface area contributed by atoms with Gasteiger partial charge >= 0.3 is 0 Å². The highest BCUT2D eigenvalue weighted by Gasteiger charge is 2.08. The summed E-state index contributed by atoms with van der Waals surface area (Å²) in [5, 5.41) is 2.72. The first kappa shape index (κ1) is 14.6. The summed E-state index contributed by atoms with van der Waals surface area (Å²) < 4.78 is 1.81. The Labute approximate surface area is 125 Å². The highest BCUT2D eigenvalue weighted by atomic mass is 79.9. The second kappa shape index (κ2) is 6.49. The smallest absolute Gasteiger partial charge is 0.266 e. The van der Waals surface area contributed by atoms with Gasteiger partial charge in [0.05, 0.1) is 8.66 Å². The normalized spacial score (nSPS) is 9.53. The van der Waals surface area contributed by atoms with Crippen LogP contribution in [0.15, 0.2) is 38.7 Å². The standard InChI is InChI=1S/C10H6Br2N2OS.ClH/c11-6-1-4-9(13-5-6)14-10(15)7-2-3-8(12)16-7;/h1-5H,(H,13,14,15);1H. The molecule has 0 aliphatic heterocycles. The van der Waals surface area contributed by atoms with Gasteiger partial charge in [0.2, 0.25) is 0 Å². The summed E-state index contributed by atoms with van der Waals surface area (Å²) in [7, 11) is 0. The van der Waals surface area contributed by atoms with Gasteiger partial charge in [-0.2, -0.15) is 0 Å². The molecule has 0 aliphatic rings. The average molecular weight is 399 g/mol. The van der Waals surface area contributed by atoms with Gasteiger partial charge < -0.3 is 5.32 Å². The Morgan fingerprint density at radius 2 is 2.00 bits per heavy atom. The summed E-state index contributed by atoms with van der Waals surface area (Å²) in [4.78, 5) is 16.5. The van der Waals surface area contributed by atoms with E-state index in [1.165, 1.54) is 11.3 Å². The molecule has 0 saturated heterocycles. The fraction of sp³-hybridized carbons (Fsp3) is 0. The molecule has 2 rings (SSSR count). The molecule has 0 fully saturated rings. The lowest BCUT2D eigenvalue weighted by Crippen LogP contribution is -2.10. The molecule has 90 valence electrons. The van der Waals surface area contributed by atoms with Crippen LogP contribution in [-0.4, -0.2) is 10.9 Å². The predicted octanol–water partition coefficient (Wildman–Crippen LogP) is 4.34. The van der Waals surface area contributed by atoms with Crippen LogP contribution in [0.4, 0.5) is 5.82 Å². The minimum Gasteiger partial charge on any atom is -0.306 e. The van der Waals surface area contributed by atoms with E-state index in [0.717, 1.165) is 8.26 Å². The van der Waals surface area contributed by atoms with Crippen LogP contribution in [0.5, 0.6) is 0 Å². The summed E-state index contributed by atoms with van der Waals surface area (Å²) in [6.07, 6.45) is 1.64. The Bertz CT molecular complexity index is 515. The van der Waals surface area contributed by atoms with E-state index in [4.69, 9.17) is 0 Å². The molecule has 0 aliphatic carbocycles. The van der Waals surface area contributed by atoms with Crippen molar-refractivity contribution >= 4 is 67.3 Å². The molecule has 1 N–H and O–H groups in total. The van der Waals surface area contributed by atoms with Gasteiger partial charge in [0.25, 0.3) is 5.91 Å². The summed E-state index contributed by atoms with van der Waals surface area (Å²) in [5.74, 6) is 0.392. The molecule has 1 amide bonds. The average Bonchev–Trinajstić information content (AvgIpc) is 2.68. The Balaban J connectivity index is 0.00000144. The van der Waals surface area contributed by atoms with Crippen molar-refractivity contribution in [1.82, 2.24) is 4.98 Å². The Hall–Kier alpha value is -0.430. The van der Waals surface area contributed by atoms with E-state index < -0.39 is 0 Å². The topological polar surface area (TPSA) is 42.0 Å². The second-order valence-corrected chi connectivity index (χ2v) is 6.30. The van der Waals surface area contributed by atoms with Crippen molar-refractivity contribution in [2.45, 2.75) is 0 Å². The van der Waals surface area contributed by atoms with Gasteiger partial charge in [-0.25, -0.2) is 4.98 Å². The molecular weight excluding hydrogens is 391 g/mol. The first-order chi connectivity index (χ1) is 7.65. The summed E-state index contributed by atoms with van der Waals surface area (Å²) in [6.45, 7) is 0. The summed E-state index contributed by atoms with van der Waals surface area (Å²) >= 11 is 7.98. The number of amides is 1. The number of halogens is 3. The molecule has 17 heavy (non-hydrogen) atoms. The van der Waals surface area contributed by atoms with Crippen LogP contribution < -0.4 is 5.32 Å². The minimum atomic E-state index is -0.148. The number of nitrogens with zero attached hydrogens (tertiary/aromatic N) is 1.